The van der Waals surface area contributed by atoms with Gasteiger partial charge in [-0.15, -0.1) is 0 Å². The number of carboxylic acids is 1. The maximum atomic E-state index is 13.7. The lowest BCUT2D eigenvalue weighted by Crippen LogP contribution is -2.64. The first-order chi connectivity index (χ1) is 22.5. The van der Waals surface area contributed by atoms with Gasteiger partial charge in [0.1, 0.15) is 11.1 Å². The third-order valence-electron chi connectivity index (χ3n) is 9.25. The van der Waals surface area contributed by atoms with Crippen molar-refractivity contribution in [2.75, 3.05) is 26.2 Å². The van der Waals surface area contributed by atoms with Crippen LogP contribution in [-0.2, 0) is 22.2 Å². The number of nitrogens with one attached hydrogen (secondary N) is 1. The molecular formula is C32H27F6N5O5. The minimum atomic E-state index is -4.71. The summed E-state index contributed by atoms with van der Waals surface area (Å²) in [5.74, 6) is -3.65. The van der Waals surface area contributed by atoms with Crippen LogP contribution < -0.4 is 5.56 Å². The van der Waals surface area contributed by atoms with Gasteiger partial charge in [-0.1, -0.05) is 24.3 Å². The molecule has 2 amide bonds. The van der Waals surface area contributed by atoms with Gasteiger partial charge in [-0.25, -0.2) is 9.78 Å². The molecular weight excluding hydrogens is 648 g/mol. The number of rotatable bonds is 7. The number of nitrogens with zero attached hydrogens (tertiary/aromatic N) is 4. The van der Waals surface area contributed by atoms with E-state index in [2.05, 4.69) is 15.0 Å². The van der Waals surface area contributed by atoms with Crippen LogP contribution >= 0.6 is 0 Å². The maximum absolute atomic E-state index is 13.7. The van der Waals surface area contributed by atoms with Crippen molar-refractivity contribution in [3.8, 4) is 11.3 Å². The van der Waals surface area contributed by atoms with Crippen LogP contribution in [0.1, 0.15) is 34.6 Å². The zero-order chi connectivity index (χ0) is 34.6. The van der Waals surface area contributed by atoms with E-state index in [1.807, 2.05) is 0 Å². The Balaban J connectivity index is 1.27. The number of carboxylic acid groups (broad SMARTS) is 1. The van der Waals surface area contributed by atoms with E-state index in [0.717, 1.165) is 29.4 Å². The van der Waals surface area contributed by atoms with E-state index in [9.17, 15) is 50.6 Å². The number of H-pyrrole nitrogens is 1. The van der Waals surface area contributed by atoms with E-state index >= 15 is 0 Å². The molecule has 48 heavy (non-hydrogen) atoms. The average molecular weight is 676 g/mol. The first-order valence-electron chi connectivity index (χ1n) is 14.8. The second-order valence-corrected chi connectivity index (χ2v) is 12.5. The summed E-state index contributed by atoms with van der Waals surface area (Å²) in [5, 5.41) is 10.2. The molecule has 2 N–H and O–H groups in total. The number of benzene rings is 1. The number of carbonyl (C=O) groups excluding carboxylic acids is 2. The van der Waals surface area contributed by atoms with Crippen LogP contribution in [0.25, 0.3) is 11.3 Å². The van der Waals surface area contributed by atoms with Gasteiger partial charge in [0.15, 0.2) is 0 Å². The molecule has 1 saturated carbocycles. The molecule has 1 atom stereocenters. The largest absolute Gasteiger partial charge is 0.478 e. The lowest BCUT2D eigenvalue weighted by Gasteiger charge is -2.51. The predicted octanol–water partition coefficient (Wildman–Crippen LogP) is 4.35. The monoisotopic (exact) mass is 675 g/mol. The van der Waals surface area contributed by atoms with Crippen molar-refractivity contribution in [3.63, 3.8) is 0 Å². The summed E-state index contributed by atoms with van der Waals surface area (Å²) in [6.45, 7) is -0.322. The number of hydrogen-bond acceptors (Lipinski definition) is 6. The first kappa shape index (κ1) is 32.9. The molecule has 3 aromatic rings. The molecule has 1 aromatic carbocycles. The molecule has 2 saturated heterocycles. The van der Waals surface area contributed by atoms with Crippen molar-refractivity contribution in [1.82, 2.24) is 24.8 Å². The van der Waals surface area contributed by atoms with E-state index < -0.39 is 58.0 Å². The van der Waals surface area contributed by atoms with Gasteiger partial charge in [0.05, 0.1) is 17.5 Å². The van der Waals surface area contributed by atoms with Gasteiger partial charge in [0.2, 0.25) is 5.91 Å². The van der Waals surface area contributed by atoms with Crippen LogP contribution in [0.2, 0.25) is 0 Å². The molecule has 4 heterocycles. The molecule has 1 aliphatic carbocycles. The molecule has 0 bridgehead atoms. The Bertz CT molecular complexity index is 1840. The number of hydrogen-bond donors (Lipinski definition) is 2. The normalized spacial score (nSPS) is 20.0. The van der Waals surface area contributed by atoms with Crippen LogP contribution in [0.5, 0.6) is 0 Å². The quantitative estimate of drug-likeness (QED) is 0.281. The maximum Gasteiger partial charge on any atom is 0.416 e. The smallest absolute Gasteiger partial charge is 0.416 e. The number of carbonyl (C=O) groups is 3. The van der Waals surface area contributed by atoms with Crippen molar-refractivity contribution >= 4 is 17.8 Å². The zero-order valence-electron chi connectivity index (χ0n) is 24.9. The summed E-state index contributed by atoms with van der Waals surface area (Å²) in [6.07, 6.45) is -6.61. The summed E-state index contributed by atoms with van der Waals surface area (Å²) >= 11 is 0. The van der Waals surface area contributed by atoms with E-state index in [1.165, 1.54) is 23.1 Å². The van der Waals surface area contributed by atoms with Gasteiger partial charge in [-0.05, 0) is 37.1 Å². The third-order valence-corrected chi connectivity index (χ3v) is 9.25. The molecule has 252 valence electrons. The first-order valence-corrected chi connectivity index (χ1v) is 14.8. The van der Waals surface area contributed by atoms with E-state index in [-0.39, 0.29) is 62.4 Å². The number of halogens is 6. The predicted molar refractivity (Wildman–Crippen MR) is 155 cm³/mol. The van der Waals surface area contributed by atoms with Gasteiger partial charge in [-0.2, -0.15) is 26.3 Å². The number of alkyl halides is 6. The molecule has 0 radical (unpaired) electrons. The fraction of sp³-hybridized carbons (Fsp3) is 0.375. The van der Waals surface area contributed by atoms with Gasteiger partial charge < -0.3 is 19.9 Å². The van der Waals surface area contributed by atoms with Crippen molar-refractivity contribution in [2.45, 2.75) is 31.6 Å². The van der Waals surface area contributed by atoms with Crippen molar-refractivity contribution < 1.29 is 45.8 Å². The lowest BCUT2D eigenvalue weighted by molar-refractivity contribution is -0.205. The number of aromatic nitrogens is 3. The van der Waals surface area contributed by atoms with Crippen LogP contribution in [0.4, 0.5) is 26.3 Å². The molecule has 16 heteroatoms. The van der Waals surface area contributed by atoms with E-state index in [0.29, 0.717) is 11.3 Å². The second-order valence-electron chi connectivity index (χ2n) is 12.5. The van der Waals surface area contributed by atoms with Gasteiger partial charge in [-0.3, -0.25) is 19.4 Å². The molecule has 2 aliphatic heterocycles. The molecule has 2 aromatic heterocycles. The molecule has 10 nitrogen and oxygen atoms in total. The third kappa shape index (κ3) is 6.06. The van der Waals surface area contributed by atoms with Crippen LogP contribution in [0.15, 0.2) is 71.3 Å². The van der Waals surface area contributed by atoms with Crippen LogP contribution in [0.3, 0.4) is 0 Å². The van der Waals surface area contributed by atoms with Gasteiger partial charge >= 0.3 is 18.3 Å². The minimum absolute atomic E-state index is 0.00877. The van der Waals surface area contributed by atoms with Gasteiger partial charge in [0.25, 0.3) is 11.5 Å². The Morgan fingerprint density at radius 2 is 1.65 bits per heavy atom. The number of likely N-dealkylation sites (tertiary alicyclic amines) is 2. The number of aliphatic carboxylic acids is 1. The summed E-state index contributed by atoms with van der Waals surface area (Å²) < 4.78 is 80.2. The van der Waals surface area contributed by atoms with Crippen LogP contribution in [-0.4, -0.2) is 80.0 Å². The molecule has 3 aliphatic rings. The molecule has 1 unspecified atom stereocenters. The fourth-order valence-corrected chi connectivity index (χ4v) is 6.45. The fourth-order valence-electron chi connectivity index (χ4n) is 6.45. The number of aromatic amines is 1. The minimum Gasteiger partial charge on any atom is -0.478 e. The van der Waals surface area contributed by atoms with Gasteiger partial charge in [0, 0.05) is 67.0 Å². The standard InChI is InChI=1S/C32H27F6N5O5/c33-31(34,35)20-6-4-18(5-7-20)23-3-1-2-22(41-23)11-19(27(46)47)10-21-14-42(26(45)24-12-40-25(44)13-39-24)15-29(21)16-43(17-29)28(48)30(8-9-30)32(36,37)38/h1-7,10,12-13,21H,8-9,11,14-17H2,(H,40,44)(H,46,47)/b19-10+. The SMILES string of the molecule is O=C(O)/C(=C/C1CN(C(=O)c2c[nH]c(=O)cn2)CC12CN(C(=O)C1(C(F)(F)F)CC1)C2)Cc1cccc(-c2ccc(C(F)(F)F)cc2)n1. The summed E-state index contributed by atoms with van der Waals surface area (Å²) in [4.78, 5) is 63.3. The Kier molecular flexibility index (Phi) is 7.95. The summed E-state index contributed by atoms with van der Waals surface area (Å²) in [6, 6.07) is 9.01. The van der Waals surface area contributed by atoms with E-state index in [1.54, 1.807) is 18.2 Å². The average Bonchev–Trinajstić information content (AvgIpc) is 3.76. The topological polar surface area (TPSA) is 137 Å². The Morgan fingerprint density at radius 3 is 2.21 bits per heavy atom. The van der Waals surface area contributed by atoms with Crippen molar-refractivity contribution in [2.24, 2.45) is 16.7 Å². The molecule has 6 rings (SSSR count). The zero-order valence-corrected chi connectivity index (χ0v) is 24.9. The highest BCUT2D eigenvalue weighted by Crippen LogP contribution is 2.60. The molecule has 1 spiro atoms. The lowest BCUT2D eigenvalue weighted by atomic mass is 9.70. The highest BCUT2D eigenvalue weighted by atomic mass is 19.4. The van der Waals surface area contributed by atoms with Crippen molar-refractivity contribution in [1.29, 1.82) is 0 Å². The Hall–Kier alpha value is -5.02. The Morgan fingerprint density at radius 1 is 0.979 bits per heavy atom. The second kappa shape index (κ2) is 11.6. The van der Waals surface area contributed by atoms with Crippen LogP contribution in [0, 0.1) is 16.7 Å². The number of pyridine rings is 1. The Labute approximate surface area is 268 Å². The van der Waals surface area contributed by atoms with E-state index in [4.69, 9.17) is 0 Å². The summed E-state index contributed by atoms with van der Waals surface area (Å²) in [7, 11) is 0. The highest BCUT2D eigenvalue weighted by Gasteiger charge is 2.71. The van der Waals surface area contributed by atoms with Crippen molar-refractivity contribution in [3.05, 3.63) is 93.8 Å². The molecule has 3 fully saturated rings. The number of amides is 2. The summed E-state index contributed by atoms with van der Waals surface area (Å²) in [5.41, 5.74) is -4.03. The highest BCUT2D eigenvalue weighted by molar-refractivity contribution is 5.93.